The van der Waals surface area contributed by atoms with E-state index in [4.69, 9.17) is 16.6 Å². The maximum Gasteiger partial charge on any atom is 0.404 e. The van der Waals surface area contributed by atoms with Crippen molar-refractivity contribution in [3.05, 3.63) is 59.4 Å². The minimum absolute atomic E-state index is 0.146. The van der Waals surface area contributed by atoms with Gasteiger partial charge in [0.15, 0.2) is 0 Å². The number of rotatable bonds is 12. The van der Waals surface area contributed by atoms with E-state index in [1.807, 2.05) is 31.2 Å². The number of hydrogen-bond donors (Lipinski definition) is 5. The molecule has 7 N–H and O–H groups in total. The van der Waals surface area contributed by atoms with Crippen molar-refractivity contribution >= 4 is 12.0 Å². The van der Waals surface area contributed by atoms with Gasteiger partial charge in [-0.25, -0.2) is 9.18 Å². The lowest BCUT2D eigenvalue weighted by Gasteiger charge is -2.44. The van der Waals surface area contributed by atoms with Crippen LogP contribution in [0.2, 0.25) is 0 Å². The molecule has 0 aromatic heterocycles. The largest absolute Gasteiger partial charge is 0.465 e. The van der Waals surface area contributed by atoms with Gasteiger partial charge >= 0.3 is 6.09 Å². The summed E-state index contributed by atoms with van der Waals surface area (Å²) in [5, 5.41) is 23.8. The Morgan fingerprint density at radius 2 is 2.00 bits per heavy atom. The first-order valence-corrected chi connectivity index (χ1v) is 13.5. The smallest absolute Gasteiger partial charge is 0.404 e. The molecule has 2 aromatic rings. The number of nitrogens with two attached hydrogens (primary N) is 2. The zero-order valence-electron chi connectivity index (χ0n) is 22.2. The highest BCUT2D eigenvalue weighted by atomic mass is 19.1. The predicted molar refractivity (Wildman–Crippen MR) is 146 cm³/mol. The molecule has 2 aromatic carbocycles. The number of nitrogens with zero attached hydrogens (tertiary/aromatic N) is 1. The summed E-state index contributed by atoms with van der Waals surface area (Å²) in [7, 11) is 0. The number of carboxylic acid groups (broad SMARTS) is 1. The van der Waals surface area contributed by atoms with Crippen molar-refractivity contribution in [3.8, 4) is 11.1 Å². The standard InChI is InChI=1S/C29H41FN4O4/c1-2-20-8-3-9-21(18-20)26-23(11-4-12-24(26)30)29(38,14-7-16-33-28(36)37)22-10-6-17-34(19-22)27(35)25(32)13-5-15-31/h3-4,8-9,11-12,18,22,25,33,38H,2,5-7,10,13-17,19,31-32H2,1H3,(H,36,37)/t22?,25-,29?/m0/s1. The summed E-state index contributed by atoms with van der Waals surface area (Å²) in [6, 6.07) is 11.7. The molecule has 1 fully saturated rings. The molecule has 2 unspecified atom stereocenters. The highest BCUT2D eigenvalue weighted by Gasteiger charge is 2.43. The highest BCUT2D eigenvalue weighted by molar-refractivity contribution is 5.81. The summed E-state index contributed by atoms with van der Waals surface area (Å²) in [5.74, 6) is -1.000. The van der Waals surface area contributed by atoms with E-state index in [1.165, 1.54) is 6.07 Å². The molecule has 38 heavy (non-hydrogen) atoms. The molecule has 0 aliphatic carbocycles. The molecule has 9 heteroatoms. The fourth-order valence-corrected chi connectivity index (χ4v) is 5.50. The average molecular weight is 529 g/mol. The molecule has 3 atom stereocenters. The maximum absolute atomic E-state index is 15.5. The third-order valence-electron chi connectivity index (χ3n) is 7.56. The number of halogens is 1. The van der Waals surface area contributed by atoms with Gasteiger partial charge in [0.1, 0.15) is 5.82 Å². The Bertz CT molecular complexity index is 1100. The molecule has 1 aliphatic heterocycles. The molecule has 1 aliphatic rings. The number of piperidine rings is 1. The van der Waals surface area contributed by atoms with Crippen LogP contribution in [0.3, 0.4) is 0 Å². The van der Waals surface area contributed by atoms with E-state index in [1.54, 1.807) is 17.0 Å². The minimum Gasteiger partial charge on any atom is -0.465 e. The van der Waals surface area contributed by atoms with E-state index in [0.29, 0.717) is 61.9 Å². The number of amides is 2. The van der Waals surface area contributed by atoms with E-state index in [9.17, 15) is 14.7 Å². The van der Waals surface area contributed by atoms with Gasteiger partial charge in [-0.2, -0.15) is 0 Å². The monoisotopic (exact) mass is 528 g/mol. The van der Waals surface area contributed by atoms with Gasteiger partial charge in [0.25, 0.3) is 0 Å². The Hall–Kier alpha value is -3.01. The van der Waals surface area contributed by atoms with Gasteiger partial charge < -0.3 is 31.9 Å². The number of carbonyl (C=O) groups is 2. The van der Waals surface area contributed by atoms with Crippen molar-refractivity contribution < 1.29 is 24.2 Å². The van der Waals surface area contributed by atoms with E-state index < -0.39 is 23.6 Å². The van der Waals surface area contributed by atoms with Crippen molar-refractivity contribution in [3.63, 3.8) is 0 Å². The molecule has 1 saturated heterocycles. The van der Waals surface area contributed by atoms with Crippen molar-refractivity contribution in [1.82, 2.24) is 10.2 Å². The number of hydrogen-bond acceptors (Lipinski definition) is 5. The molecule has 8 nitrogen and oxygen atoms in total. The van der Waals surface area contributed by atoms with Gasteiger partial charge in [0.05, 0.1) is 11.6 Å². The van der Waals surface area contributed by atoms with Crippen LogP contribution in [0.25, 0.3) is 11.1 Å². The lowest BCUT2D eigenvalue weighted by atomic mass is 9.72. The van der Waals surface area contributed by atoms with Crippen LogP contribution in [0.4, 0.5) is 9.18 Å². The van der Waals surface area contributed by atoms with Gasteiger partial charge in [-0.3, -0.25) is 4.79 Å². The van der Waals surface area contributed by atoms with Crippen molar-refractivity contribution in [2.24, 2.45) is 17.4 Å². The molecule has 0 saturated carbocycles. The van der Waals surface area contributed by atoms with Crippen molar-refractivity contribution in [2.45, 2.75) is 63.5 Å². The molecule has 2 amide bonds. The molecular weight excluding hydrogens is 487 g/mol. The maximum atomic E-state index is 15.5. The number of carbonyl (C=O) groups excluding carboxylic acids is 1. The number of aryl methyl sites for hydroxylation is 1. The summed E-state index contributed by atoms with van der Waals surface area (Å²) < 4.78 is 15.5. The number of aliphatic hydroxyl groups is 1. The summed E-state index contributed by atoms with van der Waals surface area (Å²) in [6.07, 6.45) is 2.63. The first kappa shape index (κ1) is 29.5. The Labute approximate surface area is 224 Å². The highest BCUT2D eigenvalue weighted by Crippen LogP contribution is 2.44. The molecule has 208 valence electrons. The SMILES string of the molecule is CCc1cccc(-c2c(F)cccc2C(O)(CCCNC(=O)O)C2CCCN(C(=O)[C@@H](N)CCCN)C2)c1. The Balaban J connectivity index is 2.01. The molecule has 0 spiro atoms. The van der Waals surface area contributed by atoms with Gasteiger partial charge in [0, 0.05) is 31.1 Å². The van der Waals surface area contributed by atoms with Gasteiger partial charge in [-0.15, -0.1) is 0 Å². The Kier molecular flexibility index (Phi) is 10.6. The molecular formula is C29H41FN4O4. The normalized spacial score (nSPS) is 18.0. The first-order chi connectivity index (χ1) is 18.2. The third-order valence-corrected chi connectivity index (χ3v) is 7.56. The van der Waals surface area contributed by atoms with Crippen LogP contribution >= 0.6 is 0 Å². The van der Waals surface area contributed by atoms with Crippen LogP contribution in [-0.2, 0) is 16.8 Å². The zero-order valence-corrected chi connectivity index (χ0v) is 22.2. The van der Waals surface area contributed by atoms with E-state index in [0.717, 1.165) is 12.0 Å². The second-order valence-electron chi connectivity index (χ2n) is 10.1. The fourth-order valence-electron chi connectivity index (χ4n) is 5.50. The molecule has 0 radical (unpaired) electrons. The second kappa shape index (κ2) is 13.7. The molecule has 3 rings (SSSR count). The topological polar surface area (TPSA) is 142 Å². The lowest BCUT2D eigenvalue weighted by Crippen LogP contribution is -2.52. The third kappa shape index (κ3) is 7.09. The predicted octanol–water partition coefficient (Wildman–Crippen LogP) is 3.60. The fraction of sp³-hybridized carbons (Fsp3) is 0.517. The van der Waals surface area contributed by atoms with Crippen LogP contribution in [0.5, 0.6) is 0 Å². The van der Waals surface area contributed by atoms with Gasteiger partial charge in [-0.05, 0) is 74.2 Å². The van der Waals surface area contributed by atoms with Crippen LogP contribution in [0.1, 0.15) is 56.6 Å². The van der Waals surface area contributed by atoms with Crippen molar-refractivity contribution in [2.75, 3.05) is 26.2 Å². The Morgan fingerprint density at radius 3 is 2.71 bits per heavy atom. The van der Waals surface area contributed by atoms with E-state index >= 15 is 4.39 Å². The summed E-state index contributed by atoms with van der Waals surface area (Å²) in [5.41, 5.74) is 12.7. The molecule has 0 bridgehead atoms. The van der Waals surface area contributed by atoms with Crippen LogP contribution in [0.15, 0.2) is 42.5 Å². The van der Waals surface area contributed by atoms with E-state index in [-0.39, 0.29) is 31.3 Å². The minimum atomic E-state index is -1.50. The number of likely N-dealkylation sites (tertiary alicyclic amines) is 1. The number of benzene rings is 2. The van der Waals surface area contributed by atoms with E-state index in [2.05, 4.69) is 5.32 Å². The van der Waals surface area contributed by atoms with Gasteiger partial charge in [0.2, 0.25) is 5.91 Å². The summed E-state index contributed by atoms with van der Waals surface area (Å²) in [4.78, 5) is 25.8. The quantitative estimate of drug-likeness (QED) is 0.267. The number of nitrogens with one attached hydrogen (secondary N) is 1. The first-order valence-electron chi connectivity index (χ1n) is 13.5. The van der Waals surface area contributed by atoms with Crippen LogP contribution < -0.4 is 16.8 Å². The van der Waals surface area contributed by atoms with Crippen LogP contribution in [-0.4, -0.2) is 59.3 Å². The summed E-state index contributed by atoms with van der Waals surface area (Å²) >= 11 is 0. The lowest BCUT2D eigenvalue weighted by molar-refractivity contribution is -0.138. The van der Waals surface area contributed by atoms with Gasteiger partial charge in [-0.1, -0.05) is 43.3 Å². The van der Waals surface area contributed by atoms with Crippen molar-refractivity contribution in [1.29, 1.82) is 0 Å². The zero-order chi connectivity index (χ0) is 27.7. The summed E-state index contributed by atoms with van der Waals surface area (Å²) in [6.45, 7) is 3.45. The second-order valence-corrected chi connectivity index (χ2v) is 10.1. The molecule has 1 heterocycles. The van der Waals surface area contributed by atoms with Crippen LogP contribution in [0, 0.1) is 11.7 Å². The average Bonchev–Trinajstić information content (AvgIpc) is 2.93. The Morgan fingerprint density at radius 1 is 1.24 bits per heavy atom.